The van der Waals surface area contributed by atoms with Crippen LogP contribution in [-0.4, -0.2) is 20.4 Å². The lowest BCUT2D eigenvalue weighted by Gasteiger charge is -2.31. The minimum Gasteiger partial charge on any atom is -0.508 e. The van der Waals surface area contributed by atoms with Crippen molar-refractivity contribution in [2.75, 3.05) is 0 Å². The fraction of sp³-hybridized carbons (Fsp3) is 0.143. The van der Waals surface area contributed by atoms with Crippen LogP contribution in [0.1, 0.15) is 57.4 Å². The Balaban J connectivity index is 1.47. The van der Waals surface area contributed by atoms with Gasteiger partial charge in [0, 0.05) is 23.3 Å². The maximum atomic E-state index is 10.6. The molecule has 4 aromatic carbocycles. The second-order valence-corrected chi connectivity index (χ2v) is 9.11. The zero-order valence-electron chi connectivity index (χ0n) is 17.8. The van der Waals surface area contributed by atoms with E-state index in [0.29, 0.717) is 11.5 Å². The van der Waals surface area contributed by atoms with Crippen LogP contribution in [0.15, 0.2) is 72.8 Å². The molecule has 0 bridgehead atoms. The fourth-order valence-corrected chi connectivity index (χ4v) is 5.84. The Labute approximate surface area is 194 Å². The van der Waals surface area contributed by atoms with Crippen molar-refractivity contribution in [3.63, 3.8) is 0 Å². The van der Waals surface area contributed by atoms with Crippen molar-refractivity contribution in [1.29, 1.82) is 0 Å². The molecular formula is C28H20O6. The van der Waals surface area contributed by atoms with Crippen molar-refractivity contribution >= 4 is 0 Å². The smallest absolute Gasteiger partial charge is 0.135 e. The van der Waals surface area contributed by atoms with Gasteiger partial charge in [0.2, 0.25) is 0 Å². The number of hydrogen-bond acceptors (Lipinski definition) is 6. The van der Waals surface area contributed by atoms with Crippen molar-refractivity contribution in [1.82, 2.24) is 0 Å². The van der Waals surface area contributed by atoms with E-state index in [9.17, 15) is 20.4 Å². The molecule has 7 rings (SSSR count). The van der Waals surface area contributed by atoms with Gasteiger partial charge in [-0.3, -0.25) is 0 Å². The summed E-state index contributed by atoms with van der Waals surface area (Å²) in [5, 5.41) is 40.8. The van der Waals surface area contributed by atoms with Crippen LogP contribution in [0.4, 0.5) is 0 Å². The van der Waals surface area contributed by atoms with Crippen LogP contribution >= 0.6 is 0 Å². The summed E-state index contributed by atoms with van der Waals surface area (Å²) in [6.45, 7) is 0. The topological polar surface area (TPSA) is 99.4 Å². The average molecular weight is 452 g/mol. The third kappa shape index (κ3) is 2.56. The minimum atomic E-state index is -0.393. The summed E-state index contributed by atoms with van der Waals surface area (Å²) in [4.78, 5) is 0. The molecule has 3 aliphatic rings. The van der Waals surface area contributed by atoms with Gasteiger partial charge in [-0.1, -0.05) is 24.3 Å². The van der Waals surface area contributed by atoms with E-state index in [2.05, 4.69) is 0 Å². The Morgan fingerprint density at radius 1 is 0.471 bits per heavy atom. The van der Waals surface area contributed by atoms with Crippen LogP contribution in [0.2, 0.25) is 0 Å². The summed E-state index contributed by atoms with van der Waals surface area (Å²) in [5.74, 6) is 1.34. The number of benzene rings is 4. The molecule has 0 amide bonds. The standard InChI is InChI=1S/C28H20O6/c29-15-5-1-13(2-6-15)27-25-19-9-17(31)12-22-24(19)26(20-10-18(32)11-21(33-27)23(20)25)28(34-22)14-3-7-16(30)8-4-14/h1-12,25-32H. The minimum absolute atomic E-state index is 0.110. The van der Waals surface area contributed by atoms with Gasteiger partial charge >= 0.3 is 0 Å². The molecule has 0 radical (unpaired) electrons. The van der Waals surface area contributed by atoms with E-state index in [0.717, 1.165) is 33.4 Å². The monoisotopic (exact) mass is 452 g/mol. The Hall–Kier alpha value is -4.32. The molecular weight excluding hydrogens is 432 g/mol. The summed E-state index contributed by atoms with van der Waals surface area (Å²) in [6, 6.07) is 20.6. The van der Waals surface area contributed by atoms with Crippen LogP contribution in [0.3, 0.4) is 0 Å². The zero-order chi connectivity index (χ0) is 23.1. The summed E-state index contributed by atoms with van der Waals surface area (Å²) in [5.41, 5.74) is 5.56. The van der Waals surface area contributed by atoms with Gasteiger partial charge in [-0.25, -0.2) is 0 Å². The number of hydrogen-bond donors (Lipinski definition) is 4. The summed E-state index contributed by atoms with van der Waals surface area (Å²) in [7, 11) is 0. The van der Waals surface area contributed by atoms with Gasteiger partial charge in [-0.2, -0.15) is 0 Å². The maximum Gasteiger partial charge on any atom is 0.135 e. The van der Waals surface area contributed by atoms with Crippen molar-refractivity contribution in [3.8, 4) is 34.5 Å². The van der Waals surface area contributed by atoms with Gasteiger partial charge in [0.15, 0.2) is 0 Å². The molecule has 1 aliphatic carbocycles. The van der Waals surface area contributed by atoms with E-state index >= 15 is 0 Å². The Morgan fingerprint density at radius 2 is 0.853 bits per heavy atom. The lowest BCUT2D eigenvalue weighted by molar-refractivity contribution is 0.217. The summed E-state index contributed by atoms with van der Waals surface area (Å²) < 4.78 is 12.8. The highest BCUT2D eigenvalue weighted by atomic mass is 16.5. The first-order valence-corrected chi connectivity index (χ1v) is 11.1. The average Bonchev–Trinajstić information content (AvgIpc) is 3.38. The highest BCUT2D eigenvalue weighted by Crippen LogP contribution is 2.64. The molecule has 4 unspecified atom stereocenters. The summed E-state index contributed by atoms with van der Waals surface area (Å²) in [6.07, 6.45) is -0.786. The molecule has 0 fully saturated rings. The third-order valence-corrected chi connectivity index (χ3v) is 7.17. The van der Waals surface area contributed by atoms with E-state index in [1.54, 1.807) is 48.5 Å². The van der Waals surface area contributed by atoms with E-state index < -0.39 is 12.2 Å². The second kappa shape index (κ2) is 6.60. The molecule has 6 heteroatoms. The fourth-order valence-electron chi connectivity index (χ4n) is 5.84. The van der Waals surface area contributed by atoms with Gasteiger partial charge in [0.25, 0.3) is 0 Å². The van der Waals surface area contributed by atoms with Crippen LogP contribution in [0, 0.1) is 0 Å². The van der Waals surface area contributed by atoms with E-state index in [1.807, 2.05) is 24.3 Å². The first-order chi connectivity index (χ1) is 16.5. The Morgan fingerprint density at radius 3 is 1.24 bits per heavy atom. The first-order valence-electron chi connectivity index (χ1n) is 11.1. The maximum absolute atomic E-state index is 10.6. The van der Waals surface area contributed by atoms with Crippen LogP contribution in [0.5, 0.6) is 34.5 Å². The number of aromatic hydroxyl groups is 4. The Kier molecular flexibility index (Phi) is 3.73. The molecule has 0 aromatic heterocycles. The number of fused-ring (bicyclic) bond motifs is 2. The van der Waals surface area contributed by atoms with E-state index in [-0.39, 0.29) is 34.8 Å². The van der Waals surface area contributed by atoms with Gasteiger partial charge in [0.1, 0.15) is 46.7 Å². The normalized spacial score (nSPS) is 23.1. The van der Waals surface area contributed by atoms with Gasteiger partial charge in [0.05, 0.1) is 11.8 Å². The number of phenols is 4. The third-order valence-electron chi connectivity index (χ3n) is 7.17. The quantitative estimate of drug-likeness (QED) is 0.327. The highest BCUT2D eigenvalue weighted by Gasteiger charge is 2.51. The molecule has 6 nitrogen and oxygen atoms in total. The molecule has 4 N–H and O–H groups in total. The van der Waals surface area contributed by atoms with Crippen molar-refractivity contribution < 1.29 is 29.9 Å². The number of phenolic OH excluding ortho intramolecular Hbond substituents is 4. The summed E-state index contributed by atoms with van der Waals surface area (Å²) >= 11 is 0. The van der Waals surface area contributed by atoms with Crippen LogP contribution in [0.25, 0.3) is 0 Å². The molecule has 0 saturated heterocycles. The predicted octanol–water partition coefficient (Wildman–Crippen LogP) is 5.35. The molecule has 0 spiro atoms. The predicted molar refractivity (Wildman–Crippen MR) is 123 cm³/mol. The number of rotatable bonds is 2. The first kappa shape index (κ1) is 19.2. The van der Waals surface area contributed by atoms with Gasteiger partial charge in [-0.05, 0) is 58.7 Å². The highest BCUT2D eigenvalue weighted by molar-refractivity contribution is 5.69. The van der Waals surface area contributed by atoms with Crippen molar-refractivity contribution in [3.05, 3.63) is 106 Å². The second-order valence-electron chi connectivity index (χ2n) is 9.11. The lowest BCUT2D eigenvalue weighted by atomic mass is 9.69. The molecule has 34 heavy (non-hydrogen) atoms. The molecule has 2 heterocycles. The van der Waals surface area contributed by atoms with Gasteiger partial charge in [-0.15, -0.1) is 0 Å². The molecule has 2 aliphatic heterocycles. The Bertz CT molecular complexity index is 1350. The molecule has 4 aromatic rings. The lowest BCUT2D eigenvalue weighted by Crippen LogP contribution is -2.21. The largest absolute Gasteiger partial charge is 0.508 e. The number of ether oxygens (including phenoxy) is 2. The van der Waals surface area contributed by atoms with Crippen molar-refractivity contribution in [2.24, 2.45) is 0 Å². The molecule has 0 saturated carbocycles. The van der Waals surface area contributed by atoms with Gasteiger partial charge < -0.3 is 29.9 Å². The SMILES string of the molecule is Oc1ccc(C2Oc3cc(O)cc4c3C2c2cc(O)cc3c2C4C(c2ccc(O)cc2)O3)cc1. The molecule has 4 atom stereocenters. The van der Waals surface area contributed by atoms with E-state index in [1.165, 1.54) is 0 Å². The molecule has 168 valence electrons. The van der Waals surface area contributed by atoms with E-state index in [4.69, 9.17) is 9.47 Å². The van der Waals surface area contributed by atoms with Crippen molar-refractivity contribution in [2.45, 2.75) is 24.0 Å². The van der Waals surface area contributed by atoms with Crippen LogP contribution < -0.4 is 9.47 Å². The van der Waals surface area contributed by atoms with Crippen LogP contribution in [-0.2, 0) is 0 Å². The zero-order valence-corrected chi connectivity index (χ0v) is 17.8.